The smallest absolute Gasteiger partial charge is 0.159 e. The first-order valence-corrected chi connectivity index (χ1v) is 18.2. The average molecular weight is 749 g/mol. The number of furan rings is 1. The molecular formula is C55H39NO. The van der Waals surface area contributed by atoms with Gasteiger partial charge in [-0.3, -0.25) is 0 Å². The zero-order valence-electron chi connectivity index (χ0n) is 49.4. The highest BCUT2D eigenvalue weighted by atomic mass is 16.3. The van der Waals surface area contributed by atoms with Gasteiger partial charge in [-0.1, -0.05) is 177 Å². The summed E-state index contributed by atoms with van der Waals surface area (Å²) < 4.78 is 180. The summed E-state index contributed by atoms with van der Waals surface area (Å²) in [6, 6.07) is 10.3. The van der Waals surface area contributed by atoms with Crippen LogP contribution in [-0.4, -0.2) is 0 Å². The zero-order chi connectivity index (χ0) is 54.6. The van der Waals surface area contributed by atoms with Gasteiger partial charge in [-0.25, -0.2) is 0 Å². The molecule has 2 heteroatoms. The number of nitrogens with zero attached hydrogens (tertiary/aromatic N) is 1. The van der Waals surface area contributed by atoms with Gasteiger partial charge < -0.3 is 9.32 Å². The van der Waals surface area contributed by atoms with Gasteiger partial charge in [-0.15, -0.1) is 0 Å². The largest absolute Gasteiger partial charge is 0.454 e. The van der Waals surface area contributed by atoms with Crippen molar-refractivity contribution >= 4 is 49.8 Å². The van der Waals surface area contributed by atoms with Crippen molar-refractivity contribution in [3.05, 3.63) is 211 Å². The fourth-order valence-electron chi connectivity index (χ4n) is 7.95. The van der Waals surface area contributed by atoms with E-state index in [9.17, 15) is 15.1 Å². The highest BCUT2D eigenvalue weighted by Crippen LogP contribution is 2.51. The standard InChI is InChI=1S/C55H39NO/c1-55(2)49-20-10-8-17-45(49)46-34-32-42(35-50(46)55)56(51-21-12-19-48-47-18-9-11-22-52(47)57-54(48)51)41-30-27-39(28-31-41)44-33-29-38-15-6-7-16-43(38)53(44)40-25-23-37(24-26-40)36-13-4-3-5-14-36/h3-35H,1-2H3/i3D,4D,5D,6D,7D,13D,14D,15D,16D,23D,24D,25D,26D,27D,28D,29D,30D,31D,33D. The van der Waals surface area contributed by atoms with Crippen LogP contribution in [0.25, 0.3) is 77.2 Å². The molecule has 0 amide bonds. The van der Waals surface area contributed by atoms with Crippen molar-refractivity contribution in [1.82, 2.24) is 0 Å². The molecule has 0 radical (unpaired) electrons. The molecule has 1 aliphatic carbocycles. The molecular weight excluding hydrogens is 691 g/mol. The highest BCUT2D eigenvalue weighted by Gasteiger charge is 2.36. The van der Waals surface area contributed by atoms with E-state index in [0.29, 0.717) is 27.9 Å². The lowest BCUT2D eigenvalue weighted by Gasteiger charge is -2.28. The van der Waals surface area contributed by atoms with Crippen LogP contribution in [0, 0.1) is 0 Å². The molecule has 1 aromatic heterocycles. The number of benzene rings is 9. The van der Waals surface area contributed by atoms with Crippen molar-refractivity contribution in [2.45, 2.75) is 19.3 Å². The van der Waals surface area contributed by atoms with Crippen LogP contribution in [0.5, 0.6) is 0 Å². The van der Waals surface area contributed by atoms with E-state index in [1.807, 2.05) is 54.6 Å². The molecule has 2 nitrogen and oxygen atoms in total. The van der Waals surface area contributed by atoms with Gasteiger partial charge in [0.25, 0.3) is 0 Å². The molecule has 0 atom stereocenters. The summed E-state index contributed by atoms with van der Waals surface area (Å²) in [5, 5.41) is 0.272. The van der Waals surface area contributed by atoms with Gasteiger partial charge >= 0.3 is 0 Å². The van der Waals surface area contributed by atoms with E-state index in [1.165, 1.54) is 0 Å². The molecule has 0 fully saturated rings. The SMILES string of the molecule is [2H]c1c([2H])c([2H])c(-c2c([2H])c([2H])c(-c3c(-c4c([2H])c([2H])c(N(c5ccc6c(c5)C(C)(C)c5ccccc5-6)c5cccc6c5oc5ccccc56)c([2H])c4[2H])c([2H])c([2H])c4c([2H])c([2H])c([2H])c([2H])c34)c([2H])c2[2H])c([2H])c1[2H]. The van der Waals surface area contributed by atoms with Crippen molar-refractivity contribution < 1.29 is 30.5 Å². The summed E-state index contributed by atoms with van der Waals surface area (Å²) in [4.78, 5) is 1.56. The summed E-state index contributed by atoms with van der Waals surface area (Å²) in [7, 11) is 0. The fourth-order valence-corrected chi connectivity index (χ4v) is 7.95. The molecule has 0 bridgehead atoms. The summed E-state index contributed by atoms with van der Waals surface area (Å²) in [6.45, 7) is 4.16. The maximum atomic E-state index is 9.96. The molecule has 57 heavy (non-hydrogen) atoms. The minimum Gasteiger partial charge on any atom is -0.454 e. The zero-order valence-corrected chi connectivity index (χ0v) is 30.4. The third-order valence-corrected chi connectivity index (χ3v) is 10.7. The molecule has 1 heterocycles. The van der Waals surface area contributed by atoms with Crippen molar-refractivity contribution in [3.8, 4) is 44.5 Å². The molecule has 10 aromatic rings. The van der Waals surface area contributed by atoms with E-state index in [4.69, 9.17) is 15.4 Å². The predicted octanol–water partition coefficient (Wildman–Crippen LogP) is 15.5. The van der Waals surface area contributed by atoms with Crippen LogP contribution >= 0.6 is 0 Å². The monoisotopic (exact) mass is 748 g/mol. The molecule has 11 rings (SSSR count). The van der Waals surface area contributed by atoms with Gasteiger partial charge in [-0.05, 0) is 103 Å². The Morgan fingerprint density at radius 1 is 0.474 bits per heavy atom. The molecule has 0 saturated heterocycles. The predicted molar refractivity (Wildman–Crippen MR) is 240 cm³/mol. The van der Waals surface area contributed by atoms with Gasteiger partial charge in [0.1, 0.15) is 5.58 Å². The van der Waals surface area contributed by atoms with Crippen molar-refractivity contribution in [1.29, 1.82) is 0 Å². The first-order chi connectivity index (χ1) is 35.9. The lowest BCUT2D eigenvalue weighted by atomic mass is 9.82. The Balaban J connectivity index is 1.25. The highest BCUT2D eigenvalue weighted by molar-refractivity contribution is 6.10. The maximum absolute atomic E-state index is 9.96. The molecule has 9 aromatic carbocycles. The van der Waals surface area contributed by atoms with Crippen LogP contribution < -0.4 is 4.90 Å². The molecule has 270 valence electrons. The summed E-state index contributed by atoms with van der Waals surface area (Å²) in [5.41, 5.74) is 0.606. The first-order valence-electron chi connectivity index (χ1n) is 27.7. The summed E-state index contributed by atoms with van der Waals surface area (Å²) in [5.74, 6) is 0. The Morgan fingerprint density at radius 2 is 1.16 bits per heavy atom. The van der Waals surface area contributed by atoms with Gasteiger partial charge in [0.2, 0.25) is 0 Å². The second-order valence-corrected chi connectivity index (χ2v) is 14.2. The van der Waals surface area contributed by atoms with Crippen LogP contribution in [0.1, 0.15) is 51.0 Å². The second-order valence-electron chi connectivity index (χ2n) is 14.2. The second kappa shape index (κ2) is 13.0. The number of hydrogen-bond acceptors (Lipinski definition) is 2. The third kappa shape index (κ3) is 5.33. The van der Waals surface area contributed by atoms with Crippen molar-refractivity contribution in [3.63, 3.8) is 0 Å². The Morgan fingerprint density at radius 3 is 2.02 bits per heavy atom. The number of hydrogen-bond donors (Lipinski definition) is 0. The van der Waals surface area contributed by atoms with Crippen LogP contribution in [-0.2, 0) is 5.41 Å². The van der Waals surface area contributed by atoms with E-state index in [2.05, 4.69) is 19.9 Å². The van der Waals surface area contributed by atoms with E-state index >= 15 is 0 Å². The van der Waals surface area contributed by atoms with Crippen LogP contribution in [0.3, 0.4) is 0 Å². The topological polar surface area (TPSA) is 16.4 Å². The van der Waals surface area contributed by atoms with Gasteiger partial charge in [0.15, 0.2) is 5.58 Å². The number of rotatable bonds is 6. The van der Waals surface area contributed by atoms with E-state index in [1.54, 1.807) is 29.2 Å². The third-order valence-electron chi connectivity index (χ3n) is 10.7. The van der Waals surface area contributed by atoms with Gasteiger partial charge in [0, 0.05) is 27.6 Å². The molecule has 0 N–H and O–H groups in total. The average Bonchev–Trinajstić information content (AvgIpc) is 3.93. The Labute approximate surface area is 359 Å². The van der Waals surface area contributed by atoms with Crippen molar-refractivity contribution in [2.75, 3.05) is 4.90 Å². The summed E-state index contributed by atoms with van der Waals surface area (Å²) >= 11 is 0. The molecule has 1 aliphatic rings. The molecule has 0 spiro atoms. The number of para-hydroxylation sites is 2. The van der Waals surface area contributed by atoms with E-state index in [-0.39, 0.29) is 5.69 Å². The molecule has 0 unspecified atom stereocenters. The van der Waals surface area contributed by atoms with Crippen LogP contribution in [0.4, 0.5) is 17.1 Å². The summed E-state index contributed by atoms with van der Waals surface area (Å²) in [6.07, 6.45) is 0. The van der Waals surface area contributed by atoms with E-state index in [0.717, 1.165) is 27.6 Å². The quantitative estimate of drug-likeness (QED) is 0.168. The fraction of sp³-hybridized carbons (Fsp3) is 0.0545. The number of anilines is 3. The van der Waals surface area contributed by atoms with Gasteiger partial charge in [-0.2, -0.15) is 0 Å². The minimum absolute atomic E-state index is 0.283. The van der Waals surface area contributed by atoms with Crippen LogP contribution in [0.15, 0.2) is 204 Å². The normalized spacial score (nSPS) is 17.5. The van der Waals surface area contributed by atoms with Crippen LogP contribution in [0.2, 0.25) is 0 Å². The Bertz CT molecular complexity index is 4190. The molecule has 0 saturated carbocycles. The van der Waals surface area contributed by atoms with E-state index < -0.39 is 164 Å². The lowest BCUT2D eigenvalue weighted by molar-refractivity contribution is 0.660. The first kappa shape index (κ1) is 19.1. The van der Waals surface area contributed by atoms with Crippen molar-refractivity contribution in [2.24, 2.45) is 0 Å². The lowest BCUT2D eigenvalue weighted by Crippen LogP contribution is -2.16. The molecule has 0 aliphatic heterocycles. The maximum Gasteiger partial charge on any atom is 0.159 e. The number of fused-ring (bicyclic) bond motifs is 7. The van der Waals surface area contributed by atoms with Gasteiger partial charge in [0.05, 0.1) is 31.7 Å². The Hall–Kier alpha value is -7.16. The Kier molecular flexibility index (Phi) is 4.35. The minimum atomic E-state index is -0.978.